The minimum Gasteiger partial charge on any atom is -0.363 e. The van der Waals surface area contributed by atoms with Gasteiger partial charge in [-0.2, -0.15) is 0 Å². The topological polar surface area (TPSA) is 50.7 Å². The Bertz CT molecular complexity index is 457. The summed E-state index contributed by atoms with van der Waals surface area (Å²) in [6.07, 6.45) is 3.22. The predicted molar refractivity (Wildman–Crippen MR) is 63.9 cm³/mol. The standard InChI is InChI=1S/C9H9BrN4S/c1-6-4-15-8(14-6)3-12-9-7(10)2-11-5-13-9/h2,4-5H,3H2,1H3,(H,11,12,13). The van der Waals surface area contributed by atoms with Gasteiger partial charge in [-0.1, -0.05) is 0 Å². The van der Waals surface area contributed by atoms with Crippen molar-refractivity contribution in [2.45, 2.75) is 13.5 Å². The van der Waals surface area contributed by atoms with Crippen molar-refractivity contribution in [3.05, 3.63) is 33.1 Å². The maximum atomic E-state index is 4.35. The summed E-state index contributed by atoms with van der Waals surface area (Å²) >= 11 is 5.01. The van der Waals surface area contributed by atoms with Crippen molar-refractivity contribution in [1.29, 1.82) is 0 Å². The molecule has 2 aromatic heterocycles. The molecule has 0 saturated carbocycles. The number of hydrogen-bond acceptors (Lipinski definition) is 5. The molecule has 0 aromatic carbocycles. The largest absolute Gasteiger partial charge is 0.363 e. The molecule has 0 aliphatic carbocycles. The van der Waals surface area contributed by atoms with Gasteiger partial charge in [0.1, 0.15) is 17.2 Å². The van der Waals surface area contributed by atoms with E-state index in [-0.39, 0.29) is 0 Å². The van der Waals surface area contributed by atoms with Gasteiger partial charge < -0.3 is 5.32 Å². The smallest absolute Gasteiger partial charge is 0.144 e. The molecule has 0 unspecified atom stereocenters. The third kappa shape index (κ3) is 2.73. The number of nitrogens with zero attached hydrogens (tertiary/aromatic N) is 3. The second-order valence-corrected chi connectivity index (χ2v) is 4.75. The van der Waals surface area contributed by atoms with Crippen LogP contribution in [0.1, 0.15) is 10.7 Å². The molecule has 0 radical (unpaired) electrons. The first-order valence-corrected chi connectivity index (χ1v) is 6.03. The van der Waals surface area contributed by atoms with Crippen LogP contribution in [0.3, 0.4) is 0 Å². The minimum absolute atomic E-state index is 0.689. The van der Waals surface area contributed by atoms with Crippen molar-refractivity contribution in [1.82, 2.24) is 15.0 Å². The fraction of sp³-hybridized carbons (Fsp3) is 0.222. The second kappa shape index (κ2) is 4.67. The Morgan fingerprint density at radius 3 is 3.07 bits per heavy atom. The molecule has 1 N–H and O–H groups in total. The lowest BCUT2D eigenvalue weighted by molar-refractivity contribution is 1.04. The van der Waals surface area contributed by atoms with E-state index < -0.39 is 0 Å². The van der Waals surface area contributed by atoms with Crippen molar-refractivity contribution in [2.24, 2.45) is 0 Å². The zero-order valence-electron chi connectivity index (χ0n) is 8.07. The van der Waals surface area contributed by atoms with Crippen molar-refractivity contribution in [3.8, 4) is 0 Å². The number of thiazole rings is 1. The van der Waals surface area contributed by atoms with Gasteiger partial charge in [0.05, 0.1) is 11.0 Å². The summed E-state index contributed by atoms with van der Waals surface area (Å²) in [4.78, 5) is 12.4. The van der Waals surface area contributed by atoms with Crippen molar-refractivity contribution in [2.75, 3.05) is 5.32 Å². The van der Waals surface area contributed by atoms with Crippen LogP contribution in [-0.4, -0.2) is 15.0 Å². The third-order valence-electron chi connectivity index (χ3n) is 1.74. The molecule has 2 heterocycles. The number of aryl methyl sites for hydroxylation is 1. The van der Waals surface area contributed by atoms with Gasteiger partial charge in [0, 0.05) is 17.3 Å². The highest BCUT2D eigenvalue weighted by molar-refractivity contribution is 9.10. The minimum atomic E-state index is 0.689. The monoisotopic (exact) mass is 284 g/mol. The van der Waals surface area contributed by atoms with Gasteiger partial charge in [0.15, 0.2) is 0 Å². The summed E-state index contributed by atoms with van der Waals surface area (Å²) in [5, 5.41) is 6.28. The molecule has 0 aliphatic rings. The number of nitrogens with one attached hydrogen (secondary N) is 1. The molecule has 4 nitrogen and oxygen atoms in total. The Morgan fingerprint density at radius 2 is 2.40 bits per heavy atom. The Labute approximate surface area is 99.9 Å². The third-order valence-corrected chi connectivity index (χ3v) is 3.29. The van der Waals surface area contributed by atoms with E-state index in [0.29, 0.717) is 6.54 Å². The van der Waals surface area contributed by atoms with Crippen LogP contribution in [0.25, 0.3) is 0 Å². The van der Waals surface area contributed by atoms with E-state index in [2.05, 4.69) is 36.2 Å². The first-order valence-electron chi connectivity index (χ1n) is 4.36. The van der Waals surface area contributed by atoms with Crippen LogP contribution in [0, 0.1) is 6.92 Å². The van der Waals surface area contributed by atoms with Crippen molar-refractivity contribution >= 4 is 33.1 Å². The van der Waals surface area contributed by atoms with Gasteiger partial charge in [-0.25, -0.2) is 15.0 Å². The molecule has 0 aliphatic heterocycles. The van der Waals surface area contributed by atoms with Crippen molar-refractivity contribution < 1.29 is 0 Å². The summed E-state index contributed by atoms with van der Waals surface area (Å²) in [6, 6.07) is 0. The molecule has 0 amide bonds. The first-order chi connectivity index (χ1) is 7.25. The van der Waals surface area contributed by atoms with Gasteiger partial charge in [0.25, 0.3) is 0 Å². The van der Waals surface area contributed by atoms with Crippen LogP contribution < -0.4 is 5.32 Å². The summed E-state index contributed by atoms with van der Waals surface area (Å²) in [6.45, 7) is 2.68. The predicted octanol–water partition coefficient (Wildman–Crippen LogP) is 2.62. The van der Waals surface area contributed by atoms with Crippen LogP contribution in [0.15, 0.2) is 22.4 Å². The molecular formula is C9H9BrN4S. The summed E-state index contributed by atoms with van der Waals surface area (Å²) < 4.78 is 0.860. The van der Waals surface area contributed by atoms with E-state index >= 15 is 0 Å². The molecular weight excluding hydrogens is 276 g/mol. The van der Waals surface area contributed by atoms with Gasteiger partial charge in [-0.05, 0) is 22.9 Å². The number of halogens is 1. The first kappa shape index (κ1) is 10.5. The van der Waals surface area contributed by atoms with Gasteiger partial charge in [-0.15, -0.1) is 11.3 Å². The molecule has 2 rings (SSSR count). The molecule has 0 fully saturated rings. The summed E-state index contributed by atoms with van der Waals surface area (Å²) in [7, 11) is 0. The molecule has 0 spiro atoms. The molecule has 0 bridgehead atoms. The fourth-order valence-corrected chi connectivity index (χ4v) is 2.16. The van der Waals surface area contributed by atoms with Gasteiger partial charge in [-0.3, -0.25) is 0 Å². The number of aromatic nitrogens is 3. The van der Waals surface area contributed by atoms with E-state index in [1.165, 1.54) is 6.33 Å². The van der Waals surface area contributed by atoms with Gasteiger partial charge in [0.2, 0.25) is 0 Å². The lowest BCUT2D eigenvalue weighted by Crippen LogP contribution is -2.01. The van der Waals surface area contributed by atoms with Crippen LogP contribution in [0.4, 0.5) is 5.82 Å². The SMILES string of the molecule is Cc1csc(CNc2ncncc2Br)n1. The Balaban J connectivity index is 2.02. The normalized spacial score (nSPS) is 10.3. The van der Waals surface area contributed by atoms with E-state index in [1.54, 1.807) is 17.5 Å². The van der Waals surface area contributed by atoms with E-state index in [4.69, 9.17) is 0 Å². The quantitative estimate of drug-likeness (QED) is 0.941. The Morgan fingerprint density at radius 1 is 1.53 bits per heavy atom. The number of anilines is 1. The average molecular weight is 285 g/mol. The van der Waals surface area contributed by atoms with Crippen LogP contribution >= 0.6 is 27.3 Å². The molecule has 15 heavy (non-hydrogen) atoms. The second-order valence-electron chi connectivity index (χ2n) is 2.96. The molecule has 78 valence electrons. The highest BCUT2D eigenvalue weighted by Crippen LogP contribution is 2.18. The number of rotatable bonds is 3. The maximum Gasteiger partial charge on any atom is 0.144 e. The van der Waals surface area contributed by atoms with Crippen LogP contribution in [-0.2, 0) is 6.54 Å². The zero-order valence-corrected chi connectivity index (χ0v) is 10.5. The van der Waals surface area contributed by atoms with Crippen LogP contribution in [0.2, 0.25) is 0 Å². The summed E-state index contributed by atoms with van der Waals surface area (Å²) in [5.74, 6) is 0.790. The summed E-state index contributed by atoms with van der Waals surface area (Å²) in [5.41, 5.74) is 1.05. The lowest BCUT2D eigenvalue weighted by atomic mass is 10.5. The highest BCUT2D eigenvalue weighted by atomic mass is 79.9. The van der Waals surface area contributed by atoms with Crippen LogP contribution in [0.5, 0.6) is 0 Å². The molecule has 0 atom stereocenters. The van der Waals surface area contributed by atoms with Gasteiger partial charge >= 0.3 is 0 Å². The van der Waals surface area contributed by atoms with Crippen molar-refractivity contribution in [3.63, 3.8) is 0 Å². The van der Waals surface area contributed by atoms with E-state index in [9.17, 15) is 0 Å². The zero-order chi connectivity index (χ0) is 10.7. The highest BCUT2D eigenvalue weighted by Gasteiger charge is 2.02. The Hall–Kier alpha value is -1.01. The fourth-order valence-electron chi connectivity index (χ4n) is 1.09. The molecule has 2 aromatic rings. The molecule has 0 saturated heterocycles. The average Bonchev–Trinajstić information content (AvgIpc) is 2.63. The number of hydrogen-bond donors (Lipinski definition) is 1. The molecule has 6 heteroatoms. The van der Waals surface area contributed by atoms with E-state index in [1.807, 2.05) is 12.3 Å². The lowest BCUT2D eigenvalue weighted by Gasteiger charge is -2.03. The van der Waals surface area contributed by atoms with E-state index in [0.717, 1.165) is 21.0 Å². The maximum absolute atomic E-state index is 4.35. The Kier molecular flexibility index (Phi) is 3.27.